The van der Waals surface area contributed by atoms with Gasteiger partial charge in [0.2, 0.25) is 5.90 Å². The number of sulfone groups is 1. The van der Waals surface area contributed by atoms with Crippen LogP contribution in [0.5, 0.6) is 5.75 Å². The van der Waals surface area contributed by atoms with Gasteiger partial charge < -0.3 is 14.6 Å². The van der Waals surface area contributed by atoms with Crippen LogP contribution in [0.1, 0.15) is 35.6 Å². The fraction of sp³-hybridized carbons (Fsp3) is 0.257. The quantitative estimate of drug-likeness (QED) is 0.112. The molecule has 4 aromatic carbocycles. The molecule has 0 fully saturated rings. The monoisotopic (exact) mass is 723 g/mol. The molecule has 1 heterocycles. The van der Waals surface area contributed by atoms with Gasteiger partial charge in [-0.25, -0.2) is 23.2 Å². The van der Waals surface area contributed by atoms with Crippen molar-refractivity contribution in [2.24, 2.45) is 4.99 Å². The number of hydrogen-bond acceptors (Lipinski definition) is 8. The second kappa shape index (κ2) is 15.7. The lowest BCUT2D eigenvalue weighted by Crippen LogP contribution is -2.53. The van der Waals surface area contributed by atoms with E-state index in [-0.39, 0.29) is 35.4 Å². The van der Waals surface area contributed by atoms with Crippen LogP contribution in [-0.4, -0.2) is 56.4 Å². The number of aliphatic hydroxyl groups excluding tert-OH is 1. The van der Waals surface area contributed by atoms with E-state index in [1.807, 2.05) is 18.2 Å². The summed E-state index contributed by atoms with van der Waals surface area (Å²) in [6.07, 6.45) is -0.180. The Morgan fingerprint density at radius 2 is 1.68 bits per heavy atom. The summed E-state index contributed by atoms with van der Waals surface area (Å²) in [5.74, 6) is -0.518. The normalized spacial score (nSPS) is 17.5. The van der Waals surface area contributed by atoms with Crippen molar-refractivity contribution in [3.8, 4) is 5.75 Å². The third-order valence-corrected chi connectivity index (χ3v) is 10.2. The number of hydrazine groups is 1. The van der Waals surface area contributed by atoms with Crippen LogP contribution in [0.2, 0.25) is 0 Å². The topological polar surface area (TPSA) is 126 Å². The van der Waals surface area contributed by atoms with Crippen LogP contribution in [0.4, 0.5) is 4.39 Å². The van der Waals surface area contributed by atoms with Gasteiger partial charge in [0, 0.05) is 41.6 Å². The van der Waals surface area contributed by atoms with Crippen LogP contribution in [0.3, 0.4) is 0 Å². The fourth-order valence-corrected chi connectivity index (χ4v) is 7.06. The number of nitrogens with zero attached hydrogens (tertiary/aromatic N) is 1. The molecule has 0 radical (unpaired) electrons. The predicted octanol–water partition coefficient (Wildman–Crippen LogP) is 5.33. The summed E-state index contributed by atoms with van der Waals surface area (Å²) in [7, 11) is -3.80. The van der Waals surface area contributed by atoms with Gasteiger partial charge in [-0.2, -0.15) is 0 Å². The maximum absolute atomic E-state index is 14.3. The molecule has 3 N–H and O–H groups in total. The van der Waals surface area contributed by atoms with Crippen molar-refractivity contribution in [2.75, 3.05) is 25.5 Å². The first-order valence-electron chi connectivity index (χ1n) is 15.1. The van der Waals surface area contributed by atoms with Crippen molar-refractivity contribution in [1.82, 2.24) is 10.9 Å². The van der Waals surface area contributed by atoms with Gasteiger partial charge in [-0.05, 0) is 66.6 Å². The number of halogens is 2. The van der Waals surface area contributed by atoms with Crippen LogP contribution in [0.25, 0.3) is 0 Å². The molecule has 1 aliphatic rings. The van der Waals surface area contributed by atoms with Gasteiger partial charge >= 0.3 is 0 Å². The Labute approximate surface area is 281 Å². The summed E-state index contributed by atoms with van der Waals surface area (Å²) >= 11 is 3.59. The summed E-state index contributed by atoms with van der Waals surface area (Å²) in [5, 5.41) is 9.05. The molecule has 0 unspecified atom stereocenters. The third-order valence-electron chi connectivity index (χ3n) is 7.73. The molecule has 5 rings (SSSR count). The van der Waals surface area contributed by atoms with Crippen LogP contribution in [0, 0.1) is 5.82 Å². The van der Waals surface area contributed by atoms with Crippen molar-refractivity contribution in [2.45, 2.75) is 35.8 Å². The van der Waals surface area contributed by atoms with Gasteiger partial charge in [-0.3, -0.25) is 10.2 Å². The number of ether oxygens (including phenoxy) is 2. The highest BCUT2D eigenvalue weighted by Crippen LogP contribution is 2.45. The minimum Gasteiger partial charge on any atom is -0.494 e. The summed E-state index contributed by atoms with van der Waals surface area (Å²) < 4.78 is 53.1. The average molecular weight is 725 g/mol. The van der Waals surface area contributed by atoms with Crippen molar-refractivity contribution in [3.05, 3.63) is 130 Å². The SMILES string of the molecule is O=C(NNCCc1ccc(F)cc1)[C@@]1(CCS(=O)(=O)c2ccccc2)N=C(c2ccc(OCCCO)cc2)O[C@H]1c1ccccc1Br. The zero-order chi connectivity index (χ0) is 33.3. The number of nitrogens with one attached hydrogen (secondary N) is 2. The molecule has 12 heteroatoms. The van der Waals surface area contributed by atoms with Gasteiger partial charge in [0.25, 0.3) is 5.91 Å². The molecule has 9 nitrogen and oxygen atoms in total. The van der Waals surface area contributed by atoms with E-state index in [9.17, 15) is 17.6 Å². The summed E-state index contributed by atoms with van der Waals surface area (Å²) in [6.45, 7) is 0.694. The number of carbonyl (C=O) groups is 1. The molecule has 4 aromatic rings. The molecular formula is C35H35BrFN3O6S. The van der Waals surface area contributed by atoms with Crippen molar-refractivity contribution >= 4 is 37.6 Å². The van der Waals surface area contributed by atoms with E-state index in [0.29, 0.717) is 47.3 Å². The molecule has 0 aromatic heterocycles. The standard InChI is InChI=1S/C35H35BrFN3O6S/c36-31-10-5-4-9-30(31)32-35(20-24-47(43,44)29-7-2-1-3-8-29,34(42)40-38-21-19-25-11-15-27(37)16-12-25)39-33(46-32)26-13-17-28(18-14-26)45-23-6-22-41/h1-5,7-18,32,38,41H,6,19-24H2,(H,40,42)/t32-,35-/m0/s1. The zero-order valence-electron chi connectivity index (χ0n) is 25.4. The summed E-state index contributed by atoms with van der Waals surface area (Å²) in [6, 6.07) is 28.4. The maximum Gasteiger partial charge on any atom is 0.266 e. The number of aliphatic imine (C=N–C) groups is 1. The van der Waals surface area contributed by atoms with Gasteiger partial charge in [0.05, 0.1) is 17.3 Å². The van der Waals surface area contributed by atoms with E-state index in [1.165, 1.54) is 24.3 Å². The maximum atomic E-state index is 14.3. The molecular weight excluding hydrogens is 689 g/mol. The first-order chi connectivity index (χ1) is 22.7. The Hall–Kier alpha value is -4.10. The highest BCUT2D eigenvalue weighted by Gasteiger charge is 2.54. The van der Waals surface area contributed by atoms with Gasteiger partial charge in [-0.15, -0.1) is 0 Å². The van der Waals surface area contributed by atoms with Gasteiger partial charge in [0.1, 0.15) is 11.6 Å². The number of hydrogen-bond donors (Lipinski definition) is 3. The highest BCUT2D eigenvalue weighted by atomic mass is 79.9. The van der Waals surface area contributed by atoms with Crippen molar-refractivity contribution < 1.29 is 32.2 Å². The Kier molecular flexibility index (Phi) is 11.4. The van der Waals surface area contributed by atoms with Gasteiger partial charge in [-0.1, -0.05) is 64.5 Å². The van der Waals surface area contributed by atoms with Crippen molar-refractivity contribution in [1.29, 1.82) is 0 Å². The second-order valence-electron chi connectivity index (χ2n) is 10.9. The van der Waals surface area contributed by atoms with E-state index in [4.69, 9.17) is 19.6 Å². The third kappa shape index (κ3) is 8.44. The van der Waals surface area contributed by atoms with E-state index < -0.39 is 27.4 Å². The molecule has 0 bridgehead atoms. The molecule has 0 saturated carbocycles. The van der Waals surface area contributed by atoms with Gasteiger partial charge in [0.15, 0.2) is 21.5 Å². The zero-order valence-corrected chi connectivity index (χ0v) is 27.8. The highest BCUT2D eigenvalue weighted by molar-refractivity contribution is 9.10. The van der Waals surface area contributed by atoms with E-state index in [1.54, 1.807) is 60.7 Å². The van der Waals surface area contributed by atoms with E-state index in [0.717, 1.165) is 5.56 Å². The lowest BCUT2D eigenvalue weighted by atomic mass is 9.85. The van der Waals surface area contributed by atoms with Crippen molar-refractivity contribution in [3.63, 3.8) is 0 Å². The Bertz CT molecular complexity index is 1790. The molecule has 1 aliphatic heterocycles. The molecule has 1 amide bonds. The predicted molar refractivity (Wildman–Crippen MR) is 180 cm³/mol. The Morgan fingerprint density at radius 3 is 2.38 bits per heavy atom. The van der Waals surface area contributed by atoms with Crippen LogP contribution in [-0.2, 0) is 25.8 Å². The number of amides is 1. The minimum absolute atomic E-state index is 0.0183. The van der Waals surface area contributed by atoms with Crippen LogP contribution < -0.4 is 15.6 Å². The first kappa shape index (κ1) is 34.2. The number of aliphatic hydroxyl groups is 1. The number of benzene rings is 4. The molecule has 0 aliphatic carbocycles. The molecule has 0 saturated heterocycles. The minimum atomic E-state index is -3.80. The Balaban J connectivity index is 1.48. The molecule has 47 heavy (non-hydrogen) atoms. The summed E-state index contributed by atoms with van der Waals surface area (Å²) in [5.41, 5.74) is 6.06. The Morgan fingerprint density at radius 1 is 0.979 bits per heavy atom. The van der Waals surface area contributed by atoms with E-state index >= 15 is 0 Å². The van der Waals surface area contributed by atoms with Crippen LogP contribution >= 0.6 is 15.9 Å². The largest absolute Gasteiger partial charge is 0.494 e. The number of carbonyl (C=O) groups excluding carboxylic acids is 1. The summed E-state index contributed by atoms with van der Waals surface area (Å²) in [4.78, 5) is 19.3. The first-order valence-corrected chi connectivity index (χ1v) is 17.6. The molecule has 0 spiro atoms. The lowest BCUT2D eigenvalue weighted by Gasteiger charge is -2.31. The van der Waals surface area contributed by atoms with Crippen LogP contribution in [0.15, 0.2) is 117 Å². The van der Waals surface area contributed by atoms with E-state index in [2.05, 4.69) is 26.8 Å². The lowest BCUT2D eigenvalue weighted by molar-refractivity contribution is -0.130. The smallest absolute Gasteiger partial charge is 0.266 e. The second-order valence-corrected chi connectivity index (χ2v) is 13.9. The molecule has 246 valence electrons. The average Bonchev–Trinajstić information content (AvgIpc) is 3.48. The molecule has 2 atom stereocenters. The number of rotatable bonds is 15. The fourth-order valence-electron chi connectivity index (χ4n) is 5.18.